The number of imidazole rings is 1. The summed E-state index contributed by atoms with van der Waals surface area (Å²) in [6, 6.07) is 7.36. The van der Waals surface area contributed by atoms with E-state index in [1.165, 1.54) is 6.33 Å². The van der Waals surface area contributed by atoms with Crippen LogP contribution >= 0.6 is 0 Å². The van der Waals surface area contributed by atoms with Crippen LogP contribution in [0.1, 0.15) is 38.4 Å². The van der Waals surface area contributed by atoms with E-state index in [4.69, 9.17) is 4.84 Å². The Balaban J connectivity index is 1.76. The van der Waals surface area contributed by atoms with E-state index in [1.807, 2.05) is 31.2 Å². The zero-order valence-corrected chi connectivity index (χ0v) is 18.7. The van der Waals surface area contributed by atoms with Gasteiger partial charge in [0, 0.05) is 0 Å². The van der Waals surface area contributed by atoms with Gasteiger partial charge < -0.3 is 10.3 Å². The predicted molar refractivity (Wildman–Crippen MR) is 120 cm³/mol. The number of rotatable bonds is 4. The Morgan fingerprint density at radius 1 is 1.31 bits per heavy atom. The maximum Gasteiger partial charge on any atom is 0.273 e. The Hall–Kier alpha value is -3.39. The molecule has 1 aromatic carbocycles. The number of nitrogens with one attached hydrogen (secondary N) is 2. The third kappa shape index (κ3) is 2.22. The molecule has 3 atom stereocenters. The van der Waals surface area contributed by atoms with Gasteiger partial charge in [-0.25, -0.2) is 10.0 Å². The predicted octanol–water partition coefficient (Wildman–Crippen LogP) is 2.73. The van der Waals surface area contributed by atoms with E-state index in [2.05, 4.69) is 41.8 Å². The zero-order chi connectivity index (χ0) is 22.9. The summed E-state index contributed by atoms with van der Waals surface area (Å²) in [4.78, 5) is 41.8. The van der Waals surface area contributed by atoms with Crippen LogP contribution in [-0.2, 0) is 19.8 Å². The molecular weight excluding hydrogens is 406 g/mol. The van der Waals surface area contributed by atoms with E-state index in [0.717, 1.165) is 11.3 Å². The first-order valence-corrected chi connectivity index (χ1v) is 10.6. The molecule has 8 heteroatoms. The van der Waals surface area contributed by atoms with Crippen LogP contribution in [0.3, 0.4) is 0 Å². The first-order valence-electron chi connectivity index (χ1n) is 10.6. The van der Waals surface area contributed by atoms with E-state index < -0.39 is 22.5 Å². The standard InChI is InChI=1S/C24H27N5O3/c1-6-22(2,3)24-12-19-20(30)27-17(11-15-13-25-14-26-15)21(31)28(19)23(24,4)29(32-5)18-10-8-7-9-16(18)24/h6-11,13-14,19H,1,12H2,2-5H3,(H,25,26)(H,27,30)/b17-11+/t19-,23+,24-/m0/s1. The molecule has 0 saturated carbocycles. The third-order valence-corrected chi connectivity index (χ3v) is 7.69. The number of hydroxylamine groups is 1. The van der Waals surface area contributed by atoms with Crippen LogP contribution in [0, 0.1) is 5.41 Å². The van der Waals surface area contributed by atoms with Gasteiger partial charge in [0.2, 0.25) is 5.91 Å². The highest BCUT2D eigenvalue weighted by Crippen LogP contribution is 2.67. The van der Waals surface area contributed by atoms with E-state index in [-0.39, 0.29) is 17.5 Å². The highest BCUT2D eigenvalue weighted by atomic mass is 16.7. The molecule has 0 aliphatic carbocycles. The molecule has 2 saturated heterocycles. The van der Waals surface area contributed by atoms with E-state index in [0.29, 0.717) is 12.1 Å². The van der Waals surface area contributed by atoms with Gasteiger partial charge in [-0.15, -0.1) is 6.58 Å². The molecule has 1 aromatic heterocycles. The quantitative estimate of drug-likeness (QED) is 0.572. The molecule has 3 aliphatic rings. The van der Waals surface area contributed by atoms with Crippen molar-refractivity contribution in [3.05, 3.63) is 66.4 Å². The largest absolute Gasteiger partial charge is 0.345 e. The minimum absolute atomic E-state index is 0.205. The summed E-state index contributed by atoms with van der Waals surface area (Å²) in [5, 5.41) is 4.61. The smallest absolute Gasteiger partial charge is 0.273 e. The van der Waals surface area contributed by atoms with E-state index in [9.17, 15) is 9.59 Å². The van der Waals surface area contributed by atoms with Crippen LogP contribution in [-0.4, -0.2) is 45.5 Å². The molecule has 2 aromatic rings. The summed E-state index contributed by atoms with van der Waals surface area (Å²) in [7, 11) is 1.60. The van der Waals surface area contributed by atoms with Gasteiger partial charge in [0.1, 0.15) is 17.4 Å². The molecule has 4 heterocycles. The lowest BCUT2D eigenvalue weighted by Gasteiger charge is -2.53. The molecule has 0 unspecified atom stereocenters. The Kier molecular flexibility index (Phi) is 4.20. The maximum atomic E-state index is 13.9. The lowest BCUT2D eigenvalue weighted by molar-refractivity contribution is -0.149. The molecule has 3 aliphatic heterocycles. The second kappa shape index (κ2) is 6.56. The van der Waals surface area contributed by atoms with Crippen molar-refractivity contribution < 1.29 is 14.4 Å². The van der Waals surface area contributed by atoms with Crippen molar-refractivity contribution in [1.82, 2.24) is 20.2 Å². The van der Waals surface area contributed by atoms with E-state index >= 15 is 0 Å². The van der Waals surface area contributed by atoms with Crippen LogP contribution in [0.5, 0.6) is 0 Å². The highest BCUT2D eigenvalue weighted by molar-refractivity contribution is 6.08. The Morgan fingerprint density at radius 2 is 2.06 bits per heavy atom. The first-order chi connectivity index (χ1) is 15.2. The van der Waals surface area contributed by atoms with Crippen molar-refractivity contribution in [2.75, 3.05) is 12.2 Å². The maximum absolute atomic E-state index is 13.9. The van der Waals surface area contributed by atoms with Gasteiger partial charge in [-0.05, 0) is 36.5 Å². The highest BCUT2D eigenvalue weighted by Gasteiger charge is 2.76. The fourth-order valence-corrected chi connectivity index (χ4v) is 6.18. The van der Waals surface area contributed by atoms with Crippen molar-refractivity contribution in [2.45, 2.75) is 44.3 Å². The summed E-state index contributed by atoms with van der Waals surface area (Å²) >= 11 is 0. The lowest BCUT2D eigenvalue weighted by Crippen LogP contribution is -2.69. The van der Waals surface area contributed by atoms with Crippen LogP contribution in [0.25, 0.3) is 6.08 Å². The van der Waals surface area contributed by atoms with Crippen molar-refractivity contribution in [1.29, 1.82) is 0 Å². The molecular formula is C24H27N5O3. The number of piperazine rings is 1. The monoisotopic (exact) mass is 433 g/mol. The molecule has 166 valence electrons. The number of anilines is 1. The van der Waals surface area contributed by atoms with Gasteiger partial charge in [0.05, 0.1) is 36.4 Å². The average Bonchev–Trinajstić information content (AvgIpc) is 3.43. The minimum atomic E-state index is -0.963. The average molecular weight is 434 g/mol. The summed E-state index contributed by atoms with van der Waals surface area (Å²) in [6.07, 6.45) is 7.12. The fourth-order valence-electron chi connectivity index (χ4n) is 6.18. The van der Waals surface area contributed by atoms with Crippen molar-refractivity contribution in [3.8, 4) is 0 Å². The molecule has 0 radical (unpaired) electrons. The Labute approximate surface area is 186 Å². The van der Waals surface area contributed by atoms with Gasteiger partial charge in [-0.1, -0.05) is 38.1 Å². The number of amides is 2. The minimum Gasteiger partial charge on any atom is -0.345 e. The van der Waals surface area contributed by atoms with Gasteiger partial charge in [-0.2, -0.15) is 0 Å². The molecule has 8 nitrogen and oxygen atoms in total. The molecule has 0 bridgehead atoms. The van der Waals surface area contributed by atoms with Crippen molar-refractivity contribution >= 4 is 23.6 Å². The first kappa shape index (κ1) is 20.5. The number of fused-ring (bicyclic) bond motifs is 5. The number of nitrogens with zero attached hydrogens (tertiary/aromatic N) is 3. The Bertz CT molecular complexity index is 1150. The summed E-state index contributed by atoms with van der Waals surface area (Å²) < 4.78 is 0. The molecule has 32 heavy (non-hydrogen) atoms. The number of H-pyrrole nitrogens is 1. The fraction of sp³-hybridized carbons (Fsp3) is 0.375. The topological polar surface area (TPSA) is 90.6 Å². The molecule has 2 N–H and O–H groups in total. The van der Waals surface area contributed by atoms with Crippen LogP contribution in [0.2, 0.25) is 0 Å². The van der Waals surface area contributed by atoms with Crippen molar-refractivity contribution in [3.63, 3.8) is 0 Å². The van der Waals surface area contributed by atoms with Crippen LogP contribution < -0.4 is 10.4 Å². The zero-order valence-electron chi connectivity index (χ0n) is 18.7. The van der Waals surface area contributed by atoms with Gasteiger partial charge in [0.25, 0.3) is 5.91 Å². The number of para-hydroxylation sites is 1. The number of aromatic amines is 1. The molecule has 5 rings (SSSR count). The summed E-state index contributed by atoms with van der Waals surface area (Å²) in [5.41, 5.74) is 0.719. The SMILES string of the molecule is C=CC(C)(C)[C@@]12C[C@H]3C(=O)N/C(=C/c4cnc[nH]4)C(=O)N3[C@]1(C)N(OC)c1ccccc12. The number of benzene rings is 1. The second-order valence-corrected chi connectivity index (χ2v) is 9.30. The summed E-state index contributed by atoms with van der Waals surface area (Å²) in [6.45, 7) is 10.3. The lowest BCUT2D eigenvalue weighted by atomic mass is 9.56. The van der Waals surface area contributed by atoms with Crippen molar-refractivity contribution in [2.24, 2.45) is 5.41 Å². The molecule has 0 spiro atoms. The van der Waals surface area contributed by atoms with Crippen LogP contribution in [0.4, 0.5) is 5.69 Å². The van der Waals surface area contributed by atoms with Crippen LogP contribution in [0.15, 0.2) is 55.1 Å². The summed E-state index contributed by atoms with van der Waals surface area (Å²) in [5.74, 6) is -0.470. The molecule has 2 fully saturated rings. The second-order valence-electron chi connectivity index (χ2n) is 9.30. The normalized spacial score (nSPS) is 30.2. The molecule has 2 amide bonds. The number of aromatic nitrogens is 2. The number of carbonyl (C=O) groups is 2. The van der Waals surface area contributed by atoms with E-state index in [1.54, 1.807) is 29.3 Å². The number of carbonyl (C=O) groups excluding carboxylic acids is 2. The third-order valence-electron chi connectivity index (χ3n) is 7.69. The van der Waals surface area contributed by atoms with Gasteiger partial charge in [-0.3, -0.25) is 19.3 Å². The number of hydrogen-bond acceptors (Lipinski definition) is 5. The van der Waals surface area contributed by atoms with Gasteiger partial charge >= 0.3 is 0 Å². The number of hydrogen-bond donors (Lipinski definition) is 2. The Morgan fingerprint density at radius 3 is 2.72 bits per heavy atom. The number of allylic oxidation sites excluding steroid dienone is 1. The van der Waals surface area contributed by atoms with Gasteiger partial charge in [0.15, 0.2) is 0 Å².